The summed E-state index contributed by atoms with van der Waals surface area (Å²) >= 11 is 0. The maximum absolute atomic E-state index is 13.5. The first kappa shape index (κ1) is 18.8. The van der Waals surface area contributed by atoms with Gasteiger partial charge in [-0.15, -0.1) is 0 Å². The molecule has 0 spiro atoms. The van der Waals surface area contributed by atoms with Crippen LogP contribution in [0.2, 0.25) is 0 Å². The molecule has 0 fully saturated rings. The Kier molecular flexibility index (Phi) is 6.35. The summed E-state index contributed by atoms with van der Waals surface area (Å²) in [7, 11) is 0. The number of nitrogens with zero attached hydrogens (tertiary/aromatic N) is 2. The van der Waals surface area contributed by atoms with Crippen molar-refractivity contribution in [2.45, 2.75) is 19.3 Å². The molecule has 7 heteroatoms. The van der Waals surface area contributed by atoms with Crippen LogP contribution in [0, 0.1) is 5.82 Å². The monoisotopic (exact) mass is 370 g/mol. The fourth-order valence-electron chi connectivity index (χ4n) is 3.00. The highest BCUT2D eigenvalue weighted by Gasteiger charge is 2.19. The molecule has 2 aromatic rings. The molecule has 142 valence electrons. The first-order chi connectivity index (χ1) is 13.1. The van der Waals surface area contributed by atoms with Gasteiger partial charge in [0, 0.05) is 30.9 Å². The van der Waals surface area contributed by atoms with Crippen LogP contribution in [0.15, 0.2) is 42.5 Å². The van der Waals surface area contributed by atoms with Crippen molar-refractivity contribution in [2.24, 2.45) is 0 Å². The quantitative estimate of drug-likeness (QED) is 0.807. The normalized spacial score (nSPS) is 16.0. The second-order valence-electron chi connectivity index (χ2n) is 6.49. The number of nitrogens with one attached hydrogen (secondary N) is 2. The van der Waals surface area contributed by atoms with Gasteiger partial charge < -0.3 is 15.5 Å². The van der Waals surface area contributed by atoms with Crippen LogP contribution in [0.4, 0.5) is 10.2 Å². The van der Waals surface area contributed by atoms with E-state index in [1.165, 1.54) is 23.1 Å². The van der Waals surface area contributed by atoms with E-state index in [1.54, 1.807) is 6.07 Å². The minimum atomic E-state index is -0.468. The van der Waals surface area contributed by atoms with Gasteiger partial charge in [0.2, 0.25) is 5.91 Å². The summed E-state index contributed by atoms with van der Waals surface area (Å²) in [4.78, 5) is 31.0. The lowest BCUT2D eigenvalue weighted by Crippen LogP contribution is -2.42. The van der Waals surface area contributed by atoms with Crippen molar-refractivity contribution in [2.75, 3.05) is 31.5 Å². The minimum Gasteiger partial charge on any atom is -0.368 e. The highest BCUT2D eigenvalue weighted by molar-refractivity contribution is 5.96. The number of hydrogen-bond donors (Lipinski definition) is 2. The summed E-state index contributed by atoms with van der Waals surface area (Å²) in [5.41, 5.74) is 1.24. The second-order valence-corrected chi connectivity index (χ2v) is 6.49. The van der Waals surface area contributed by atoms with E-state index in [-0.39, 0.29) is 23.9 Å². The molecule has 2 bridgehead atoms. The Bertz CT molecular complexity index is 812. The van der Waals surface area contributed by atoms with Gasteiger partial charge in [0.25, 0.3) is 5.91 Å². The third-order valence-corrected chi connectivity index (χ3v) is 4.36. The summed E-state index contributed by atoms with van der Waals surface area (Å²) in [6.07, 6.45) is 2.36. The van der Waals surface area contributed by atoms with Crippen molar-refractivity contribution in [3.8, 4) is 0 Å². The van der Waals surface area contributed by atoms with Crippen LogP contribution in [0.1, 0.15) is 28.9 Å². The third kappa shape index (κ3) is 5.51. The molecule has 3 rings (SSSR count). The molecule has 2 heterocycles. The van der Waals surface area contributed by atoms with Crippen LogP contribution in [0.25, 0.3) is 0 Å². The zero-order valence-electron chi connectivity index (χ0n) is 15.1. The number of halogens is 1. The van der Waals surface area contributed by atoms with E-state index >= 15 is 0 Å². The fraction of sp³-hybridized carbons (Fsp3) is 0.350. The average Bonchev–Trinajstić information content (AvgIpc) is 2.67. The van der Waals surface area contributed by atoms with Gasteiger partial charge >= 0.3 is 0 Å². The van der Waals surface area contributed by atoms with E-state index < -0.39 is 5.82 Å². The number of aryl methyl sites for hydroxylation is 1. The van der Waals surface area contributed by atoms with Crippen LogP contribution in [0.3, 0.4) is 0 Å². The predicted molar refractivity (Wildman–Crippen MR) is 101 cm³/mol. The molecule has 0 unspecified atom stereocenters. The number of carbonyl (C=O) groups is 2. The van der Waals surface area contributed by atoms with Gasteiger partial charge in [-0.05, 0) is 49.6 Å². The van der Waals surface area contributed by atoms with Crippen LogP contribution >= 0.6 is 0 Å². The number of hydrogen-bond acceptors (Lipinski definition) is 4. The highest BCUT2D eigenvalue weighted by Crippen LogP contribution is 2.11. The minimum absolute atomic E-state index is 0.0428. The maximum atomic E-state index is 13.5. The van der Waals surface area contributed by atoms with E-state index in [1.807, 2.05) is 18.2 Å². The first-order valence-corrected chi connectivity index (χ1v) is 9.13. The number of pyridine rings is 1. The molecule has 2 N–H and O–H groups in total. The highest BCUT2D eigenvalue weighted by atomic mass is 19.1. The van der Waals surface area contributed by atoms with Gasteiger partial charge in [-0.1, -0.05) is 12.1 Å². The third-order valence-electron chi connectivity index (χ3n) is 4.36. The second kappa shape index (κ2) is 9.12. The van der Waals surface area contributed by atoms with Gasteiger partial charge in [0.1, 0.15) is 11.6 Å². The number of aromatic nitrogens is 1. The van der Waals surface area contributed by atoms with Crippen LogP contribution < -0.4 is 10.6 Å². The Morgan fingerprint density at radius 1 is 1.07 bits per heavy atom. The van der Waals surface area contributed by atoms with Crippen molar-refractivity contribution >= 4 is 17.6 Å². The molecule has 2 amide bonds. The summed E-state index contributed by atoms with van der Waals surface area (Å²) in [6, 6.07) is 11.4. The topological polar surface area (TPSA) is 74.3 Å². The lowest BCUT2D eigenvalue weighted by molar-refractivity contribution is -0.121. The van der Waals surface area contributed by atoms with E-state index in [0.717, 1.165) is 30.8 Å². The largest absolute Gasteiger partial charge is 0.368 e. The van der Waals surface area contributed by atoms with E-state index in [9.17, 15) is 14.0 Å². The Morgan fingerprint density at radius 3 is 2.74 bits per heavy atom. The molecule has 1 aromatic carbocycles. The van der Waals surface area contributed by atoms with Gasteiger partial charge in [-0.3, -0.25) is 9.59 Å². The van der Waals surface area contributed by atoms with Gasteiger partial charge in [0.05, 0.1) is 6.54 Å². The van der Waals surface area contributed by atoms with Crippen LogP contribution in [0.5, 0.6) is 0 Å². The Balaban J connectivity index is 1.72. The van der Waals surface area contributed by atoms with Gasteiger partial charge in [-0.2, -0.15) is 0 Å². The Hall–Kier alpha value is -2.96. The first-order valence-electron chi connectivity index (χ1n) is 9.13. The van der Waals surface area contributed by atoms with Crippen molar-refractivity contribution in [3.63, 3.8) is 0 Å². The predicted octanol–water partition coefficient (Wildman–Crippen LogP) is 2.23. The van der Waals surface area contributed by atoms with Gasteiger partial charge in [-0.25, -0.2) is 9.37 Å². The molecule has 6 nitrogen and oxygen atoms in total. The summed E-state index contributed by atoms with van der Waals surface area (Å²) in [5.74, 6) is -0.249. The van der Waals surface area contributed by atoms with Gasteiger partial charge in [0.15, 0.2) is 0 Å². The van der Waals surface area contributed by atoms with Crippen molar-refractivity contribution in [1.29, 1.82) is 0 Å². The zero-order valence-corrected chi connectivity index (χ0v) is 15.1. The lowest BCUT2D eigenvalue weighted by atomic mass is 10.1. The number of benzene rings is 1. The molecule has 27 heavy (non-hydrogen) atoms. The van der Waals surface area contributed by atoms with Crippen LogP contribution in [-0.4, -0.2) is 47.9 Å². The van der Waals surface area contributed by atoms with E-state index in [4.69, 9.17) is 0 Å². The number of fused-ring (bicyclic) bond motifs is 2. The zero-order chi connectivity index (χ0) is 19.1. The van der Waals surface area contributed by atoms with Crippen molar-refractivity contribution < 1.29 is 14.0 Å². The smallest absolute Gasteiger partial charge is 0.254 e. The molecular formula is C20H23FN4O2. The van der Waals surface area contributed by atoms with E-state index in [2.05, 4.69) is 15.6 Å². The number of carbonyl (C=O) groups excluding carboxylic acids is 2. The number of rotatable bonds is 1. The summed E-state index contributed by atoms with van der Waals surface area (Å²) < 4.78 is 13.5. The fourth-order valence-corrected chi connectivity index (χ4v) is 3.00. The molecule has 1 aromatic heterocycles. The molecule has 0 saturated heterocycles. The summed E-state index contributed by atoms with van der Waals surface area (Å²) in [5, 5.41) is 5.97. The lowest BCUT2D eigenvalue weighted by Gasteiger charge is -2.23. The Labute approximate surface area is 157 Å². The van der Waals surface area contributed by atoms with Crippen molar-refractivity contribution in [1.82, 2.24) is 15.2 Å². The molecule has 0 saturated carbocycles. The summed E-state index contributed by atoms with van der Waals surface area (Å²) in [6.45, 7) is 1.35. The molecule has 1 aliphatic rings. The van der Waals surface area contributed by atoms with Crippen LogP contribution in [-0.2, 0) is 11.2 Å². The molecule has 0 radical (unpaired) electrons. The average molecular weight is 370 g/mol. The van der Waals surface area contributed by atoms with Crippen molar-refractivity contribution in [3.05, 3.63) is 59.5 Å². The molecule has 1 aliphatic heterocycles. The molecule has 0 atom stereocenters. The number of anilines is 1. The molecule has 0 aliphatic carbocycles. The molecular weight excluding hydrogens is 347 g/mol. The SMILES string of the molecule is O=C1CN(C(=O)c2cccc(F)c2)CCCCc2cccc(n2)NCCN1. The standard InChI is InChI=1S/C20H23FN4O2/c21-16-6-3-5-15(13-16)20(27)25-12-2-1-7-17-8-4-9-18(24-17)22-10-11-23-19(26)14-25/h3-6,8-9,13H,1-2,7,10-12,14H2,(H,22,24)(H,23,26). The number of amides is 2. The van der Waals surface area contributed by atoms with E-state index in [0.29, 0.717) is 19.6 Å². The Morgan fingerprint density at radius 2 is 1.89 bits per heavy atom. The maximum Gasteiger partial charge on any atom is 0.254 e.